The largest absolute Gasteiger partial charge is 0.481 e. The summed E-state index contributed by atoms with van der Waals surface area (Å²) in [4.78, 5) is 29.0. The maximum Gasteiger partial charge on any atom is 0.303 e. The molecule has 0 saturated heterocycles. The molecular formula is C7H12O5. The third-order valence-electron chi connectivity index (χ3n) is 0.479. The van der Waals surface area contributed by atoms with E-state index in [9.17, 15) is 9.59 Å². The van der Waals surface area contributed by atoms with Gasteiger partial charge < -0.3 is 9.84 Å². The summed E-state index contributed by atoms with van der Waals surface area (Å²) in [6, 6.07) is 0. The molecule has 0 amide bonds. The highest BCUT2D eigenvalue weighted by atomic mass is 16.5. The number of carbonyl (C=O) groups is 3. The zero-order valence-corrected chi connectivity index (χ0v) is 7.29. The Morgan fingerprint density at radius 1 is 1.17 bits per heavy atom. The molecule has 0 aliphatic rings. The molecule has 0 unspecified atom stereocenters. The quantitative estimate of drug-likeness (QED) is 0.609. The van der Waals surface area contributed by atoms with E-state index in [4.69, 9.17) is 9.90 Å². The number of ketones is 1. The fourth-order valence-corrected chi connectivity index (χ4v) is 0.203. The first kappa shape index (κ1) is 13.2. The van der Waals surface area contributed by atoms with Gasteiger partial charge in [-0.25, -0.2) is 0 Å². The smallest absolute Gasteiger partial charge is 0.303 e. The summed E-state index contributed by atoms with van der Waals surface area (Å²) >= 11 is 0. The van der Waals surface area contributed by atoms with Crippen LogP contribution < -0.4 is 0 Å². The maximum absolute atomic E-state index is 10.1. The summed E-state index contributed by atoms with van der Waals surface area (Å²) < 4.78 is 4.31. The Morgan fingerprint density at radius 2 is 1.50 bits per heavy atom. The van der Waals surface area contributed by atoms with Gasteiger partial charge in [-0.05, 0) is 6.92 Å². The molecule has 1 N–H and O–H groups in total. The van der Waals surface area contributed by atoms with Crippen molar-refractivity contribution in [1.82, 2.24) is 0 Å². The Bertz CT molecular complexity index is 155. The van der Waals surface area contributed by atoms with Crippen LogP contribution in [0.2, 0.25) is 0 Å². The Hall–Kier alpha value is -1.39. The minimum atomic E-state index is -0.833. The molecule has 0 radical (unpaired) electrons. The zero-order valence-electron chi connectivity index (χ0n) is 7.29. The number of carboxylic acids is 1. The van der Waals surface area contributed by atoms with Crippen molar-refractivity contribution in [3.63, 3.8) is 0 Å². The standard InChI is InChI=1S/C5H8O3.C2H4O2/c1-4(6)3-8-5(2)7;1-2(3)4/h3H2,1-2H3;1H3,(H,3,4). The van der Waals surface area contributed by atoms with Gasteiger partial charge in [0.15, 0.2) is 5.78 Å². The highest BCUT2D eigenvalue weighted by molar-refractivity contribution is 5.79. The lowest BCUT2D eigenvalue weighted by Crippen LogP contribution is -2.07. The van der Waals surface area contributed by atoms with Crippen molar-refractivity contribution in [3.05, 3.63) is 0 Å². The van der Waals surface area contributed by atoms with E-state index in [1.165, 1.54) is 13.8 Å². The molecule has 5 nitrogen and oxygen atoms in total. The van der Waals surface area contributed by atoms with Crippen molar-refractivity contribution in [3.8, 4) is 0 Å². The predicted octanol–water partition coefficient (Wildman–Crippen LogP) is 0.229. The summed E-state index contributed by atoms with van der Waals surface area (Å²) in [5.41, 5.74) is 0. The molecule has 5 heteroatoms. The van der Waals surface area contributed by atoms with E-state index in [0.29, 0.717) is 0 Å². The van der Waals surface area contributed by atoms with Gasteiger partial charge in [-0.15, -0.1) is 0 Å². The number of Topliss-reactive ketones (excluding diaryl/α,β-unsaturated/α-hetero) is 1. The van der Waals surface area contributed by atoms with Crippen LogP contribution in [0.15, 0.2) is 0 Å². The number of carboxylic acid groups (broad SMARTS) is 1. The van der Waals surface area contributed by atoms with Crippen molar-refractivity contribution < 1.29 is 24.2 Å². The fourth-order valence-electron chi connectivity index (χ4n) is 0.203. The predicted molar refractivity (Wildman–Crippen MR) is 40.6 cm³/mol. The van der Waals surface area contributed by atoms with Gasteiger partial charge in [0.2, 0.25) is 0 Å². The number of hydrogen-bond donors (Lipinski definition) is 1. The van der Waals surface area contributed by atoms with Crippen molar-refractivity contribution in [2.24, 2.45) is 0 Å². The van der Waals surface area contributed by atoms with Gasteiger partial charge in [-0.3, -0.25) is 14.4 Å². The van der Waals surface area contributed by atoms with Gasteiger partial charge >= 0.3 is 5.97 Å². The fraction of sp³-hybridized carbons (Fsp3) is 0.571. The van der Waals surface area contributed by atoms with Crippen LogP contribution >= 0.6 is 0 Å². The molecule has 0 aromatic heterocycles. The first-order valence-electron chi connectivity index (χ1n) is 3.18. The normalized spacial score (nSPS) is 7.58. The molecule has 0 aliphatic carbocycles. The second-order valence-corrected chi connectivity index (χ2v) is 2.00. The first-order valence-corrected chi connectivity index (χ1v) is 3.18. The third kappa shape index (κ3) is 38.3. The lowest BCUT2D eigenvalue weighted by molar-refractivity contribution is -0.145. The van der Waals surface area contributed by atoms with Crippen molar-refractivity contribution in [2.75, 3.05) is 6.61 Å². The minimum Gasteiger partial charge on any atom is -0.481 e. The Labute approximate surface area is 70.3 Å². The van der Waals surface area contributed by atoms with E-state index in [1.54, 1.807) is 0 Å². The molecule has 0 rings (SSSR count). The van der Waals surface area contributed by atoms with Gasteiger partial charge in [-0.1, -0.05) is 0 Å². The molecule has 12 heavy (non-hydrogen) atoms. The van der Waals surface area contributed by atoms with Crippen molar-refractivity contribution >= 4 is 17.7 Å². The lowest BCUT2D eigenvalue weighted by Gasteiger charge is -1.93. The van der Waals surface area contributed by atoms with Crippen LogP contribution in [0.3, 0.4) is 0 Å². The Kier molecular flexibility index (Phi) is 8.50. The summed E-state index contributed by atoms with van der Waals surface area (Å²) in [5, 5.41) is 7.42. The van der Waals surface area contributed by atoms with Crippen molar-refractivity contribution in [1.29, 1.82) is 0 Å². The van der Waals surface area contributed by atoms with Crippen LogP contribution in [0.5, 0.6) is 0 Å². The monoisotopic (exact) mass is 176 g/mol. The summed E-state index contributed by atoms with van der Waals surface area (Å²) in [6.45, 7) is 3.61. The summed E-state index contributed by atoms with van der Waals surface area (Å²) in [7, 11) is 0. The van der Waals surface area contributed by atoms with E-state index in [2.05, 4.69) is 4.74 Å². The van der Waals surface area contributed by atoms with Crippen LogP contribution in [0.1, 0.15) is 20.8 Å². The number of hydrogen-bond acceptors (Lipinski definition) is 4. The number of carbonyl (C=O) groups excluding carboxylic acids is 2. The summed E-state index contributed by atoms with van der Waals surface area (Å²) in [5.74, 6) is -1.39. The van der Waals surface area contributed by atoms with Crippen LogP contribution in [0.25, 0.3) is 0 Å². The molecule has 0 aromatic rings. The Balaban J connectivity index is 0. The SMILES string of the molecule is CC(=O)COC(C)=O.CC(=O)O. The highest BCUT2D eigenvalue weighted by Gasteiger charge is 1.94. The average molecular weight is 176 g/mol. The van der Waals surface area contributed by atoms with Gasteiger partial charge in [0, 0.05) is 13.8 Å². The molecule has 0 heterocycles. The van der Waals surface area contributed by atoms with E-state index in [0.717, 1.165) is 6.92 Å². The van der Waals surface area contributed by atoms with E-state index >= 15 is 0 Å². The third-order valence-corrected chi connectivity index (χ3v) is 0.479. The summed E-state index contributed by atoms with van der Waals surface area (Å²) in [6.07, 6.45) is 0. The van der Waals surface area contributed by atoms with E-state index < -0.39 is 11.9 Å². The molecule has 0 bridgehead atoms. The van der Waals surface area contributed by atoms with Crippen LogP contribution in [0, 0.1) is 0 Å². The van der Waals surface area contributed by atoms with Gasteiger partial charge in [0.25, 0.3) is 5.97 Å². The number of rotatable bonds is 2. The molecule has 0 atom stereocenters. The van der Waals surface area contributed by atoms with Gasteiger partial charge in [0.1, 0.15) is 6.61 Å². The number of ether oxygens (including phenoxy) is 1. The molecule has 0 aromatic carbocycles. The molecule has 0 saturated carbocycles. The van der Waals surface area contributed by atoms with E-state index in [1.807, 2.05) is 0 Å². The zero-order chi connectivity index (χ0) is 10.1. The highest BCUT2D eigenvalue weighted by Crippen LogP contribution is 1.75. The van der Waals surface area contributed by atoms with Crippen LogP contribution in [0.4, 0.5) is 0 Å². The first-order chi connectivity index (χ1) is 5.36. The topological polar surface area (TPSA) is 80.7 Å². The average Bonchev–Trinajstić information content (AvgIpc) is 1.82. The molecule has 0 fully saturated rings. The second-order valence-electron chi connectivity index (χ2n) is 2.00. The maximum atomic E-state index is 10.1. The second kappa shape index (κ2) is 7.71. The molecule has 0 spiro atoms. The molecule has 70 valence electrons. The number of aliphatic carboxylic acids is 1. The van der Waals surface area contributed by atoms with Crippen molar-refractivity contribution in [2.45, 2.75) is 20.8 Å². The molecular weight excluding hydrogens is 164 g/mol. The lowest BCUT2D eigenvalue weighted by atomic mass is 10.5. The minimum absolute atomic E-state index is 0.102. The van der Waals surface area contributed by atoms with Crippen LogP contribution in [-0.4, -0.2) is 29.4 Å². The molecule has 0 aliphatic heterocycles. The number of esters is 1. The van der Waals surface area contributed by atoms with E-state index in [-0.39, 0.29) is 12.4 Å². The van der Waals surface area contributed by atoms with Gasteiger partial charge in [-0.2, -0.15) is 0 Å². The van der Waals surface area contributed by atoms with Crippen LogP contribution in [-0.2, 0) is 19.1 Å². The Morgan fingerprint density at radius 3 is 1.58 bits per heavy atom. The van der Waals surface area contributed by atoms with Gasteiger partial charge in [0.05, 0.1) is 0 Å².